The van der Waals surface area contributed by atoms with E-state index < -0.39 is 5.97 Å². The number of carboxylic acid groups (broad SMARTS) is 1. The first-order valence-electron chi connectivity index (χ1n) is 5.06. The van der Waals surface area contributed by atoms with Crippen molar-refractivity contribution in [2.45, 2.75) is 6.92 Å². The van der Waals surface area contributed by atoms with Crippen molar-refractivity contribution in [3.8, 4) is 0 Å². The Labute approximate surface area is 139 Å². The number of hydrogen-bond donors (Lipinski definition) is 1. The van der Waals surface area contributed by atoms with Crippen LogP contribution in [-0.2, 0) is 4.74 Å². The van der Waals surface area contributed by atoms with Gasteiger partial charge < -0.3 is 9.84 Å². The van der Waals surface area contributed by atoms with Gasteiger partial charge in [0.15, 0.2) is 19.2 Å². The van der Waals surface area contributed by atoms with Gasteiger partial charge in [0.05, 0.1) is 6.61 Å². The minimum Gasteiger partial charge on any atom is -0.476 e. The first kappa shape index (κ1) is 17.2. The van der Waals surface area contributed by atoms with E-state index in [9.17, 15) is 9.59 Å². The van der Waals surface area contributed by atoms with Crippen LogP contribution in [0, 0.1) is 0 Å². The molecule has 0 spiro atoms. The molecule has 0 aliphatic heterocycles. The SMILES string of the molecule is CCOC(=O)c1csc(Br)n1.O=C(O)c1csc(Br)n1. The molecule has 2 aromatic heterocycles. The fraction of sp³-hybridized carbons (Fsp3) is 0.200. The molecule has 0 unspecified atom stereocenters. The lowest BCUT2D eigenvalue weighted by Gasteiger charge is -1.95. The third-order valence-corrected chi connectivity index (χ3v) is 4.39. The van der Waals surface area contributed by atoms with Crippen LogP contribution < -0.4 is 0 Å². The van der Waals surface area contributed by atoms with Gasteiger partial charge in [-0.2, -0.15) is 0 Å². The van der Waals surface area contributed by atoms with Crippen molar-refractivity contribution in [1.82, 2.24) is 9.97 Å². The molecule has 0 aliphatic rings. The lowest BCUT2D eigenvalue weighted by molar-refractivity contribution is 0.0519. The second kappa shape index (κ2) is 8.45. The van der Waals surface area contributed by atoms with Gasteiger partial charge in [-0.25, -0.2) is 19.6 Å². The van der Waals surface area contributed by atoms with E-state index in [1.165, 1.54) is 28.1 Å². The third kappa shape index (κ3) is 5.65. The number of carboxylic acids is 1. The molecule has 10 heteroatoms. The highest BCUT2D eigenvalue weighted by atomic mass is 79.9. The van der Waals surface area contributed by atoms with Crippen LogP contribution in [0.4, 0.5) is 0 Å². The zero-order chi connectivity index (χ0) is 15.1. The van der Waals surface area contributed by atoms with Gasteiger partial charge in [-0.05, 0) is 38.8 Å². The Morgan fingerprint density at radius 2 is 1.70 bits per heavy atom. The van der Waals surface area contributed by atoms with Gasteiger partial charge in [0.2, 0.25) is 0 Å². The molecule has 6 nitrogen and oxygen atoms in total. The molecule has 108 valence electrons. The molecule has 0 fully saturated rings. The number of hydrogen-bond acceptors (Lipinski definition) is 7. The second-order valence-corrected chi connectivity index (χ2v) is 7.27. The monoisotopic (exact) mass is 442 g/mol. The Kier molecular flexibility index (Phi) is 7.27. The molecule has 2 heterocycles. The summed E-state index contributed by atoms with van der Waals surface area (Å²) < 4.78 is 6.02. The number of rotatable bonds is 3. The minimum atomic E-state index is -0.989. The van der Waals surface area contributed by atoms with Gasteiger partial charge in [-0.1, -0.05) is 0 Å². The van der Waals surface area contributed by atoms with Crippen molar-refractivity contribution >= 4 is 66.5 Å². The summed E-state index contributed by atoms with van der Waals surface area (Å²) in [7, 11) is 0. The lowest BCUT2D eigenvalue weighted by atomic mass is 10.5. The van der Waals surface area contributed by atoms with E-state index in [0.29, 0.717) is 20.1 Å². The number of ether oxygens (including phenoxy) is 1. The van der Waals surface area contributed by atoms with Crippen molar-refractivity contribution in [1.29, 1.82) is 0 Å². The Morgan fingerprint density at radius 3 is 2.00 bits per heavy atom. The van der Waals surface area contributed by atoms with Crippen molar-refractivity contribution in [3.63, 3.8) is 0 Å². The van der Waals surface area contributed by atoms with E-state index in [1.54, 1.807) is 12.3 Å². The van der Waals surface area contributed by atoms with Gasteiger partial charge in [-0.15, -0.1) is 22.7 Å². The van der Waals surface area contributed by atoms with Crippen LogP contribution in [-0.4, -0.2) is 33.6 Å². The maximum absolute atomic E-state index is 11.0. The molecular weight excluding hydrogens is 436 g/mol. The molecule has 0 radical (unpaired) electrons. The number of aromatic nitrogens is 2. The number of halogens is 2. The molecule has 0 atom stereocenters. The molecule has 0 bridgehead atoms. The first-order chi connectivity index (χ1) is 9.43. The quantitative estimate of drug-likeness (QED) is 0.727. The summed E-state index contributed by atoms with van der Waals surface area (Å²) in [6.45, 7) is 2.15. The smallest absolute Gasteiger partial charge is 0.357 e. The molecule has 2 rings (SSSR count). The molecule has 2 aromatic rings. The van der Waals surface area contributed by atoms with Gasteiger partial charge in [0.25, 0.3) is 0 Å². The van der Waals surface area contributed by atoms with Crippen molar-refractivity contribution < 1.29 is 19.4 Å². The summed E-state index contributed by atoms with van der Waals surface area (Å²) in [5.74, 6) is -1.36. The molecule has 0 saturated carbocycles. The van der Waals surface area contributed by atoms with Gasteiger partial charge in [0, 0.05) is 10.8 Å². The highest BCUT2D eigenvalue weighted by Crippen LogP contribution is 2.16. The topological polar surface area (TPSA) is 89.4 Å². The molecule has 20 heavy (non-hydrogen) atoms. The van der Waals surface area contributed by atoms with Gasteiger partial charge in [0.1, 0.15) is 0 Å². The molecule has 0 amide bonds. The van der Waals surface area contributed by atoms with Crippen LogP contribution in [0.25, 0.3) is 0 Å². The van der Waals surface area contributed by atoms with Gasteiger partial charge in [-0.3, -0.25) is 0 Å². The van der Waals surface area contributed by atoms with Crippen LogP contribution in [0.15, 0.2) is 18.6 Å². The predicted octanol–water partition coefficient (Wildman–Crippen LogP) is 3.69. The van der Waals surface area contributed by atoms with Crippen LogP contribution in [0.1, 0.15) is 27.9 Å². The van der Waals surface area contributed by atoms with Crippen LogP contribution in [0.2, 0.25) is 0 Å². The van der Waals surface area contributed by atoms with E-state index in [0.717, 1.165) is 0 Å². The Hall–Kier alpha value is -0.840. The van der Waals surface area contributed by atoms with E-state index >= 15 is 0 Å². The summed E-state index contributed by atoms with van der Waals surface area (Å²) in [6.07, 6.45) is 0. The molecule has 0 aromatic carbocycles. The summed E-state index contributed by atoms with van der Waals surface area (Å²) in [6, 6.07) is 0. The third-order valence-electron chi connectivity index (χ3n) is 1.66. The summed E-state index contributed by atoms with van der Waals surface area (Å²) in [5, 5.41) is 11.5. The number of thiazole rings is 2. The molecule has 0 aliphatic carbocycles. The summed E-state index contributed by atoms with van der Waals surface area (Å²) in [5.41, 5.74) is 0.454. The van der Waals surface area contributed by atoms with E-state index in [2.05, 4.69) is 41.8 Å². The highest BCUT2D eigenvalue weighted by molar-refractivity contribution is 9.11. The Morgan fingerprint density at radius 1 is 1.20 bits per heavy atom. The maximum atomic E-state index is 11.0. The summed E-state index contributed by atoms with van der Waals surface area (Å²) in [4.78, 5) is 28.6. The summed E-state index contributed by atoms with van der Waals surface area (Å²) >= 11 is 8.82. The van der Waals surface area contributed by atoms with Crippen molar-refractivity contribution in [2.75, 3.05) is 6.61 Å². The fourth-order valence-electron chi connectivity index (χ4n) is 0.901. The van der Waals surface area contributed by atoms with Crippen LogP contribution >= 0.6 is 54.5 Å². The largest absolute Gasteiger partial charge is 0.476 e. The van der Waals surface area contributed by atoms with Crippen LogP contribution in [0.3, 0.4) is 0 Å². The second-order valence-electron chi connectivity index (χ2n) is 3.00. The van der Waals surface area contributed by atoms with Gasteiger partial charge >= 0.3 is 11.9 Å². The van der Waals surface area contributed by atoms with E-state index in [-0.39, 0.29) is 11.7 Å². The Bertz CT molecular complexity index is 600. The van der Waals surface area contributed by atoms with E-state index in [1.807, 2.05) is 0 Å². The number of nitrogens with zero attached hydrogens (tertiary/aromatic N) is 2. The Balaban J connectivity index is 0.000000204. The number of carbonyl (C=O) groups excluding carboxylic acids is 1. The fourth-order valence-corrected chi connectivity index (χ4v) is 2.87. The molecule has 1 N–H and O–H groups in total. The number of aromatic carboxylic acids is 1. The highest BCUT2D eigenvalue weighted by Gasteiger charge is 2.09. The molecular formula is C10H8Br2N2O4S2. The predicted molar refractivity (Wildman–Crippen MR) is 82.5 cm³/mol. The number of esters is 1. The number of carbonyl (C=O) groups is 2. The molecule has 0 saturated heterocycles. The maximum Gasteiger partial charge on any atom is 0.357 e. The standard InChI is InChI=1S/C6H6BrNO2S.C4H2BrNO2S/c1-2-10-5(9)4-3-11-6(7)8-4;5-4-6-2(1-9-4)3(7)8/h3H,2H2,1H3;1H,(H,7,8). The first-order valence-corrected chi connectivity index (χ1v) is 8.41. The minimum absolute atomic E-state index is 0.0897. The zero-order valence-corrected chi connectivity index (χ0v) is 14.8. The zero-order valence-electron chi connectivity index (χ0n) is 10.0. The lowest BCUT2D eigenvalue weighted by Crippen LogP contribution is -2.04. The van der Waals surface area contributed by atoms with Crippen molar-refractivity contribution in [2.24, 2.45) is 0 Å². The van der Waals surface area contributed by atoms with E-state index in [4.69, 9.17) is 9.84 Å². The van der Waals surface area contributed by atoms with Crippen LogP contribution in [0.5, 0.6) is 0 Å². The van der Waals surface area contributed by atoms with Crippen molar-refractivity contribution in [3.05, 3.63) is 30.0 Å². The normalized spacial score (nSPS) is 9.55. The average Bonchev–Trinajstić information content (AvgIpc) is 2.99. The average molecular weight is 444 g/mol.